The molecule has 21 heavy (non-hydrogen) atoms. The van der Waals surface area contributed by atoms with E-state index in [0.717, 1.165) is 22.1 Å². The summed E-state index contributed by atoms with van der Waals surface area (Å²) in [6, 6.07) is 8.28. The van der Waals surface area contributed by atoms with Crippen molar-refractivity contribution in [1.82, 2.24) is 4.98 Å². The van der Waals surface area contributed by atoms with E-state index in [9.17, 15) is 4.79 Å². The van der Waals surface area contributed by atoms with Crippen LogP contribution in [0.5, 0.6) is 0 Å². The van der Waals surface area contributed by atoms with Gasteiger partial charge in [-0.1, -0.05) is 36.4 Å². The van der Waals surface area contributed by atoms with Gasteiger partial charge in [0.2, 0.25) is 0 Å². The summed E-state index contributed by atoms with van der Waals surface area (Å²) in [6.07, 6.45) is -0.0217. The first-order valence-corrected chi connectivity index (χ1v) is 8.55. The molecule has 0 bridgehead atoms. The van der Waals surface area contributed by atoms with Crippen LogP contribution in [0.25, 0.3) is 10.6 Å². The fraction of sp³-hybridized carbons (Fsp3) is 0.250. The molecule has 0 aliphatic carbocycles. The molecule has 1 heterocycles. The zero-order valence-corrected chi connectivity index (χ0v) is 13.5. The highest BCUT2D eigenvalue weighted by molar-refractivity contribution is 7.98. The quantitative estimate of drug-likeness (QED) is 0.775. The fourth-order valence-corrected chi connectivity index (χ4v) is 3.47. The smallest absolute Gasteiger partial charge is 0.309 e. The Morgan fingerprint density at radius 2 is 2.10 bits per heavy atom. The van der Waals surface area contributed by atoms with E-state index in [-0.39, 0.29) is 6.42 Å². The van der Waals surface area contributed by atoms with Crippen LogP contribution in [0.2, 0.25) is 0 Å². The van der Waals surface area contributed by atoms with Gasteiger partial charge in [-0.05, 0) is 12.5 Å². The molecule has 1 aromatic carbocycles. The van der Waals surface area contributed by atoms with Crippen LogP contribution in [0.15, 0.2) is 41.8 Å². The zero-order chi connectivity index (χ0) is 15.2. The molecule has 0 spiro atoms. The van der Waals surface area contributed by atoms with E-state index in [1.54, 1.807) is 5.38 Å². The predicted octanol–water partition coefficient (Wildman–Crippen LogP) is 4.25. The molecule has 0 amide bonds. The van der Waals surface area contributed by atoms with Crippen LogP contribution in [0.3, 0.4) is 0 Å². The lowest BCUT2D eigenvalue weighted by molar-refractivity contribution is -0.136. The number of aromatic nitrogens is 1. The first-order chi connectivity index (χ1) is 10.0. The normalized spacial score (nSPS) is 10.5. The van der Waals surface area contributed by atoms with Gasteiger partial charge in [-0.25, -0.2) is 4.98 Å². The van der Waals surface area contributed by atoms with Gasteiger partial charge in [0, 0.05) is 22.4 Å². The molecule has 0 atom stereocenters. The first-order valence-electron chi connectivity index (χ1n) is 6.52. The van der Waals surface area contributed by atoms with Crippen molar-refractivity contribution >= 4 is 29.1 Å². The summed E-state index contributed by atoms with van der Waals surface area (Å²) in [7, 11) is 0. The lowest BCUT2D eigenvalue weighted by Crippen LogP contribution is -1.99. The third-order valence-electron chi connectivity index (χ3n) is 2.70. The molecular formula is C16H17NO2S2. The highest BCUT2D eigenvalue weighted by atomic mass is 32.2. The Hall–Kier alpha value is -1.59. The van der Waals surface area contributed by atoms with Crippen LogP contribution < -0.4 is 0 Å². The number of rotatable bonds is 7. The van der Waals surface area contributed by atoms with Crippen LogP contribution in [0, 0.1) is 0 Å². The van der Waals surface area contributed by atoms with Crippen molar-refractivity contribution < 1.29 is 9.90 Å². The summed E-state index contributed by atoms with van der Waals surface area (Å²) in [5.74, 6) is 1.10. The van der Waals surface area contributed by atoms with Gasteiger partial charge >= 0.3 is 5.97 Å². The van der Waals surface area contributed by atoms with E-state index in [1.807, 2.05) is 30.8 Å². The number of thioether (sulfide) groups is 1. The number of carboxylic acids is 1. The second-order valence-electron chi connectivity index (χ2n) is 4.86. The molecule has 0 unspecified atom stereocenters. The van der Waals surface area contributed by atoms with Crippen molar-refractivity contribution in [2.45, 2.75) is 19.1 Å². The average Bonchev–Trinajstić information content (AvgIpc) is 2.87. The number of aliphatic carboxylic acids is 1. The topological polar surface area (TPSA) is 50.2 Å². The monoisotopic (exact) mass is 319 g/mol. The molecule has 0 aliphatic rings. The predicted molar refractivity (Wildman–Crippen MR) is 89.9 cm³/mol. The maximum atomic E-state index is 10.7. The molecule has 0 radical (unpaired) electrons. The number of benzene rings is 1. The molecular weight excluding hydrogens is 302 g/mol. The number of hydrogen-bond donors (Lipinski definition) is 1. The van der Waals surface area contributed by atoms with Gasteiger partial charge in [-0.15, -0.1) is 11.3 Å². The SMILES string of the molecule is C=C(C)CSCc1ccc(-c2nc(CC(=O)O)cs2)cc1. The second kappa shape index (κ2) is 7.43. The van der Waals surface area contributed by atoms with Crippen molar-refractivity contribution in [3.8, 4) is 10.6 Å². The van der Waals surface area contributed by atoms with Gasteiger partial charge in [0.1, 0.15) is 5.01 Å². The average molecular weight is 319 g/mol. The van der Waals surface area contributed by atoms with Gasteiger partial charge in [0.05, 0.1) is 12.1 Å². The number of thiazole rings is 1. The fourth-order valence-electron chi connectivity index (χ4n) is 1.76. The van der Waals surface area contributed by atoms with E-state index in [2.05, 4.69) is 23.7 Å². The number of nitrogens with zero attached hydrogens (tertiary/aromatic N) is 1. The molecule has 1 aromatic heterocycles. The minimum Gasteiger partial charge on any atom is -0.481 e. The number of carboxylic acid groups (broad SMARTS) is 1. The Balaban J connectivity index is 1.99. The van der Waals surface area contributed by atoms with E-state index >= 15 is 0 Å². The molecule has 110 valence electrons. The number of hydrogen-bond acceptors (Lipinski definition) is 4. The molecule has 0 saturated heterocycles. The number of carbonyl (C=O) groups is 1. The van der Waals surface area contributed by atoms with E-state index < -0.39 is 5.97 Å². The van der Waals surface area contributed by atoms with Gasteiger partial charge in [0.25, 0.3) is 0 Å². The lowest BCUT2D eigenvalue weighted by Gasteiger charge is -2.03. The van der Waals surface area contributed by atoms with Crippen molar-refractivity contribution in [2.24, 2.45) is 0 Å². The second-order valence-corrected chi connectivity index (χ2v) is 6.71. The lowest BCUT2D eigenvalue weighted by atomic mass is 10.1. The van der Waals surface area contributed by atoms with Gasteiger partial charge < -0.3 is 5.11 Å². The molecule has 2 rings (SSSR count). The van der Waals surface area contributed by atoms with Crippen LogP contribution >= 0.6 is 23.1 Å². The van der Waals surface area contributed by atoms with Crippen molar-refractivity contribution in [3.63, 3.8) is 0 Å². The molecule has 2 aromatic rings. The van der Waals surface area contributed by atoms with Gasteiger partial charge in [0.15, 0.2) is 0 Å². The molecule has 3 nitrogen and oxygen atoms in total. The third-order valence-corrected chi connectivity index (χ3v) is 4.88. The molecule has 5 heteroatoms. The summed E-state index contributed by atoms with van der Waals surface area (Å²) in [4.78, 5) is 15.0. The van der Waals surface area contributed by atoms with E-state index in [1.165, 1.54) is 22.5 Å². The van der Waals surface area contributed by atoms with Crippen molar-refractivity contribution in [1.29, 1.82) is 0 Å². The van der Waals surface area contributed by atoms with Crippen molar-refractivity contribution in [2.75, 3.05) is 5.75 Å². The summed E-state index contributed by atoms with van der Waals surface area (Å²) in [5.41, 5.74) is 4.10. The zero-order valence-electron chi connectivity index (χ0n) is 11.8. The van der Waals surface area contributed by atoms with Gasteiger partial charge in [-0.3, -0.25) is 4.79 Å². The highest BCUT2D eigenvalue weighted by Gasteiger charge is 2.07. The summed E-state index contributed by atoms with van der Waals surface area (Å²) < 4.78 is 0. The minimum absolute atomic E-state index is 0.0217. The maximum absolute atomic E-state index is 10.7. The Morgan fingerprint density at radius 3 is 2.71 bits per heavy atom. The van der Waals surface area contributed by atoms with Crippen molar-refractivity contribution in [3.05, 3.63) is 53.1 Å². The molecule has 0 saturated carbocycles. The Kier molecular flexibility index (Phi) is 5.59. The van der Waals surface area contributed by atoms with E-state index in [4.69, 9.17) is 5.11 Å². The summed E-state index contributed by atoms with van der Waals surface area (Å²) in [6.45, 7) is 5.93. The highest BCUT2D eigenvalue weighted by Crippen LogP contribution is 2.25. The largest absolute Gasteiger partial charge is 0.481 e. The maximum Gasteiger partial charge on any atom is 0.309 e. The standard InChI is InChI=1S/C16H17NO2S2/c1-11(2)8-20-9-12-3-5-13(6-4-12)16-17-14(10-21-16)7-15(18)19/h3-6,10H,1,7-9H2,2H3,(H,18,19). The first kappa shape index (κ1) is 15.8. The molecule has 0 aliphatic heterocycles. The van der Waals surface area contributed by atoms with Gasteiger partial charge in [-0.2, -0.15) is 11.8 Å². The van der Waals surface area contributed by atoms with Crippen LogP contribution in [-0.2, 0) is 17.0 Å². The summed E-state index contributed by atoms with van der Waals surface area (Å²) >= 11 is 3.33. The minimum atomic E-state index is -0.850. The van der Waals surface area contributed by atoms with Crippen LogP contribution in [-0.4, -0.2) is 21.8 Å². The molecule has 1 N–H and O–H groups in total. The van der Waals surface area contributed by atoms with Crippen LogP contribution in [0.1, 0.15) is 18.2 Å². The molecule has 0 fully saturated rings. The Bertz CT molecular complexity index is 632. The van der Waals surface area contributed by atoms with E-state index in [0.29, 0.717) is 5.69 Å². The Morgan fingerprint density at radius 1 is 1.38 bits per heavy atom. The Labute approximate surface area is 132 Å². The van der Waals surface area contributed by atoms with Crippen LogP contribution in [0.4, 0.5) is 0 Å². The summed E-state index contributed by atoms with van der Waals surface area (Å²) in [5, 5.41) is 11.4. The third kappa shape index (κ3) is 5.02.